The Balaban J connectivity index is 1.76. The van der Waals surface area contributed by atoms with Crippen LogP contribution in [0, 0.1) is 29.6 Å². The van der Waals surface area contributed by atoms with E-state index in [1.807, 2.05) is 26.0 Å². The molecule has 14 atom stereocenters. The number of carbonyl (C=O) groups excluding carboxylic acids is 4. The summed E-state index contributed by atoms with van der Waals surface area (Å²) < 4.78 is 29.7. The van der Waals surface area contributed by atoms with E-state index in [4.69, 9.17) is 23.7 Å². The number of rotatable bonds is 7. The lowest BCUT2D eigenvalue weighted by Crippen LogP contribution is -2.63. The van der Waals surface area contributed by atoms with Gasteiger partial charge in [0.05, 0.1) is 36.6 Å². The van der Waals surface area contributed by atoms with Gasteiger partial charge in [-0.1, -0.05) is 44.6 Å². The van der Waals surface area contributed by atoms with Gasteiger partial charge < -0.3 is 43.9 Å². The SMILES string of the molecule is C=CC[C@@H]1/C=C(\C)C[C@H](C)C[C@H](OC)CC2O[C@@](O)(C(=O)C(=O)N3CCCCC3C(=O)O[C@H](/C(C)=C/[C@@H]3CC[C@@H](O)[C@H](OC)C3)[C@H](C)[C@@H](O)CC1=O)[C@H](C)C[C@@H]2OC. The van der Waals surface area contributed by atoms with Crippen molar-refractivity contribution in [3.8, 4) is 0 Å². The number of ketones is 2. The number of carbonyl (C=O) groups is 4. The van der Waals surface area contributed by atoms with Crippen LogP contribution in [0.15, 0.2) is 36.0 Å². The molecule has 3 heterocycles. The van der Waals surface area contributed by atoms with Gasteiger partial charge >= 0.3 is 5.97 Å². The van der Waals surface area contributed by atoms with Crippen LogP contribution in [0.4, 0.5) is 0 Å². The smallest absolute Gasteiger partial charge is 0.329 e. The molecule has 0 radical (unpaired) electrons. The number of esters is 1. The zero-order valence-electron chi connectivity index (χ0n) is 36.1. The first kappa shape index (κ1) is 47.9. The summed E-state index contributed by atoms with van der Waals surface area (Å²) in [6.07, 6.45) is 6.02. The van der Waals surface area contributed by atoms with Gasteiger partial charge in [0.2, 0.25) is 5.79 Å². The maximum absolute atomic E-state index is 14.3. The van der Waals surface area contributed by atoms with E-state index < -0.39 is 77.8 Å². The minimum Gasteiger partial charge on any atom is -0.456 e. The first-order valence-electron chi connectivity index (χ1n) is 21.4. The van der Waals surface area contributed by atoms with Gasteiger partial charge in [-0.05, 0) is 95.5 Å². The molecular formula is C45H71NO12. The monoisotopic (exact) mass is 817 g/mol. The van der Waals surface area contributed by atoms with Gasteiger partial charge in [-0.25, -0.2) is 4.79 Å². The summed E-state index contributed by atoms with van der Waals surface area (Å²) in [5.41, 5.74) is 1.65. The predicted molar refractivity (Wildman–Crippen MR) is 217 cm³/mol. The van der Waals surface area contributed by atoms with Crippen molar-refractivity contribution in [2.45, 2.75) is 166 Å². The molecule has 13 nitrogen and oxygen atoms in total. The fourth-order valence-electron chi connectivity index (χ4n) is 9.60. The summed E-state index contributed by atoms with van der Waals surface area (Å²) in [7, 11) is 4.70. The second-order valence-corrected chi connectivity index (χ2v) is 17.7. The van der Waals surface area contributed by atoms with Crippen molar-refractivity contribution < 1.29 is 58.2 Å². The Hall–Kier alpha value is -2.78. The zero-order chi connectivity index (χ0) is 42.9. The van der Waals surface area contributed by atoms with Crippen LogP contribution in [0.25, 0.3) is 0 Å². The number of nitrogens with zero attached hydrogens (tertiary/aromatic N) is 1. The molecule has 0 spiro atoms. The lowest BCUT2D eigenvalue weighted by molar-refractivity contribution is -0.289. The van der Waals surface area contributed by atoms with E-state index in [0.717, 1.165) is 5.57 Å². The number of amides is 1. The van der Waals surface area contributed by atoms with Gasteiger partial charge in [0.1, 0.15) is 17.9 Å². The lowest BCUT2D eigenvalue weighted by atomic mass is 9.81. The van der Waals surface area contributed by atoms with Crippen molar-refractivity contribution in [2.24, 2.45) is 29.6 Å². The van der Waals surface area contributed by atoms with E-state index in [9.17, 15) is 34.5 Å². The highest BCUT2D eigenvalue weighted by atomic mass is 16.7. The zero-order valence-corrected chi connectivity index (χ0v) is 36.1. The Labute approximate surface area is 345 Å². The van der Waals surface area contributed by atoms with E-state index in [0.29, 0.717) is 56.9 Å². The fourth-order valence-corrected chi connectivity index (χ4v) is 9.60. The van der Waals surface area contributed by atoms with Crippen molar-refractivity contribution in [2.75, 3.05) is 27.9 Å². The molecule has 328 valence electrons. The molecule has 58 heavy (non-hydrogen) atoms. The molecule has 1 saturated carbocycles. The summed E-state index contributed by atoms with van der Waals surface area (Å²) in [4.78, 5) is 57.8. The molecule has 2 unspecified atom stereocenters. The van der Waals surface area contributed by atoms with Crippen LogP contribution in [-0.2, 0) is 42.9 Å². The minimum atomic E-state index is -2.47. The molecule has 0 aromatic carbocycles. The maximum Gasteiger partial charge on any atom is 0.329 e. The van der Waals surface area contributed by atoms with Gasteiger partial charge in [-0.3, -0.25) is 14.4 Å². The molecule has 1 amide bonds. The first-order valence-corrected chi connectivity index (χ1v) is 21.4. The van der Waals surface area contributed by atoms with Crippen LogP contribution in [0.5, 0.6) is 0 Å². The van der Waals surface area contributed by atoms with Crippen molar-refractivity contribution in [1.82, 2.24) is 4.90 Å². The molecule has 0 aromatic heterocycles. The van der Waals surface area contributed by atoms with Crippen LogP contribution in [-0.4, -0.2) is 126 Å². The number of allylic oxidation sites excluding steroid dienone is 4. The molecule has 0 aromatic rings. The molecule has 3 aliphatic heterocycles. The van der Waals surface area contributed by atoms with Crippen LogP contribution < -0.4 is 0 Å². The van der Waals surface area contributed by atoms with Crippen LogP contribution >= 0.6 is 0 Å². The molecule has 3 fully saturated rings. The number of aliphatic hydroxyl groups excluding tert-OH is 2. The summed E-state index contributed by atoms with van der Waals surface area (Å²) in [5, 5.41) is 34.1. The van der Waals surface area contributed by atoms with Crippen LogP contribution in [0.1, 0.15) is 112 Å². The highest BCUT2D eigenvalue weighted by Crippen LogP contribution is 2.39. The number of Topliss-reactive ketones (excluding diaryl/α,β-unsaturated/α-hetero) is 2. The summed E-state index contributed by atoms with van der Waals surface area (Å²) >= 11 is 0. The number of cyclic esters (lactones) is 1. The molecule has 4 rings (SSSR count). The van der Waals surface area contributed by atoms with Crippen LogP contribution in [0.3, 0.4) is 0 Å². The molecule has 13 heteroatoms. The van der Waals surface area contributed by atoms with E-state index in [2.05, 4.69) is 13.5 Å². The number of fused-ring (bicyclic) bond motifs is 3. The minimum absolute atomic E-state index is 0.0100. The fraction of sp³-hybridized carbons (Fsp3) is 0.778. The number of hydrogen-bond acceptors (Lipinski definition) is 12. The number of ether oxygens (including phenoxy) is 5. The molecule has 1 aliphatic carbocycles. The number of aliphatic hydroxyl groups is 3. The van der Waals surface area contributed by atoms with Gasteiger partial charge in [-0.15, -0.1) is 6.58 Å². The second-order valence-electron chi connectivity index (χ2n) is 17.7. The molecule has 3 N–H and O–H groups in total. The summed E-state index contributed by atoms with van der Waals surface area (Å²) in [6, 6.07) is -1.14. The third-order valence-electron chi connectivity index (χ3n) is 13.1. The Morgan fingerprint density at radius 1 is 0.931 bits per heavy atom. The number of hydrogen-bond donors (Lipinski definition) is 3. The van der Waals surface area contributed by atoms with Crippen molar-refractivity contribution in [3.05, 3.63) is 36.0 Å². The Morgan fingerprint density at radius 3 is 2.29 bits per heavy atom. The largest absolute Gasteiger partial charge is 0.456 e. The summed E-state index contributed by atoms with van der Waals surface area (Å²) in [5.74, 6) is -7.53. The van der Waals surface area contributed by atoms with E-state index in [1.165, 1.54) is 4.90 Å². The number of methoxy groups -OCH3 is 3. The average molecular weight is 818 g/mol. The van der Waals surface area contributed by atoms with Crippen LogP contribution in [0.2, 0.25) is 0 Å². The average Bonchev–Trinajstić information content (AvgIpc) is 3.19. The summed E-state index contributed by atoms with van der Waals surface area (Å²) in [6.45, 7) is 13.2. The third-order valence-corrected chi connectivity index (χ3v) is 13.1. The molecule has 2 saturated heterocycles. The Morgan fingerprint density at radius 2 is 1.64 bits per heavy atom. The Bertz CT molecular complexity index is 1500. The molecular weight excluding hydrogens is 746 g/mol. The molecule has 4 aliphatic rings. The third kappa shape index (κ3) is 11.7. The predicted octanol–water partition coefficient (Wildman–Crippen LogP) is 5.03. The topological polar surface area (TPSA) is 178 Å². The van der Waals surface area contributed by atoms with Gasteiger partial charge in [0.15, 0.2) is 0 Å². The quantitative estimate of drug-likeness (QED) is 0.178. The number of piperidine rings is 1. The molecule has 2 bridgehead atoms. The highest BCUT2D eigenvalue weighted by molar-refractivity contribution is 6.39. The lowest BCUT2D eigenvalue weighted by Gasteiger charge is -2.45. The second kappa shape index (κ2) is 21.7. The van der Waals surface area contributed by atoms with E-state index in [1.54, 1.807) is 41.3 Å². The van der Waals surface area contributed by atoms with Crippen molar-refractivity contribution in [3.63, 3.8) is 0 Å². The van der Waals surface area contributed by atoms with Gasteiger partial charge in [0.25, 0.3) is 11.7 Å². The maximum atomic E-state index is 14.3. The first-order chi connectivity index (χ1) is 27.5. The van der Waals surface area contributed by atoms with Gasteiger partial charge in [-0.2, -0.15) is 0 Å². The highest BCUT2D eigenvalue weighted by Gasteiger charge is 2.55. The van der Waals surface area contributed by atoms with E-state index in [-0.39, 0.29) is 62.1 Å². The normalized spacial score (nSPS) is 40.7. The van der Waals surface area contributed by atoms with Crippen molar-refractivity contribution in [1.29, 1.82) is 0 Å². The Kier molecular flexibility index (Phi) is 17.9. The van der Waals surface area contributed by atoms with Crippen molar-refractivity contribution >= 4 is 23.4 Å². The van der Waals surface area contributed by atoms with E-state index >= 15 is 0 Å². The van der Waals surface area contributed by atoms with Gasteiger partial charge in [0, 0.05) is 58.5 Å². The standard InChI is InChI=1S/C45H71NO12/c1-10-13-32-19-26(2)18-27(3)20-33(54-7)24-40-39(56-9)22-29(5)45(53,58-40)42(50)43(51)46-17-12-11-14-34(46)44(52)57-41(30(6)36(48)25-37(32)49)28(4)21-31-15-16-35(47)38(23-31)55-8/h10,19,21,27,29-36,38-41,47-48,53H,1,11-18,20,22-25H2,2-9H3/b26-19+,28-21+/t27-,29+,30+,31-,32+,33-,34?,35+,36-,38+,39-,40?,41+,45+/m0/s1.